The van der Waals surface area contributed by atoms with Crippen LogP contribution in [0.3, 0.4) is 0 Å². The van der Waals surface area contributed by atoms with E-state index in [1.807, 2.05) is 30.3 Å². The van der Waals surface area contributed by atoms with Crippen LogP contribution in [0.1, 0.15) is 32.8 Å². The number of amides is 1. The molecular weight excluding hydrogens is 438 g/mol. The van der Waals surface area contributed by atoms with Crippen molar-refractivity contribution in [1.29, 1.82) is 0 Å². The van der Waals surface area contributed by atoms with Crippen molar-refractivity contribution in [1.82, 2.24) is 10.2 Å². The quantitative estimate of drug-likeness (QED) is 0.210. The maximum absolute atomic E-state index is 13.5. The number of methoxy groups -OCH3 is 1. The van der Waals surface area contributed by atoms with Gasteiger partial charge in [0.2, 0.25) is 5.91 Å². The molecule has 0 spiro atoms. The molecule has 2 N–H and O–H groups in total. The van der Waals surface area contributed by atoms with E-state index in [1.165, 1.54) is 36.3 Å². The van der Waals surface area contributed by atoms with E-state index in [4.69, 9.17) is 4.74 Å². The molecule has 0 aromatic heterocycles. The number of nitro groups is 1. The van der Waals surface area contributed by atoms with Gasteiger partial charge in [0.1, 0.15) is 11.8 Å². The highest BCUT2D eigenvalue weighted by molar-refractivity contribution is 5.87. The van der Waals surface area contributed by atoms with E-state index in [-0.39, 0.29) is 42.4 Å². The monoisotopic (exact) mass is 470 g/mol. The molecule has 9 nitrogen and oxygen atoms in total. The van der Waals surface area contributed by atoms with E-state index in [2.05, 4.69) is 11.9 Å². The van der Waals surface area contributed by atoms with Crippen molar-refractivity contribution in [2.24, 2.45) is 5.92 Å². The second kappa shape index (κ2) is 12.5. The molecule has 0 aliphatic heterocycles. The van der Waals surface area contributed by atoms with Crippen LogP contribution in [0.5, 0.6) is 5.75 Å². The van der Waals surface area contributed by atoms with Crippen molar-refractivity contribution in [3.8, 4) is 5.75 Å². The van der Waals surface area contributed by atoms with Gasteiger partial charge in [0.25, 0.3) is 5.69 Å². The number of carbonyl (C=O) groups excluding carboxylic acids is 2. The van der Waals surface area contributed by atoms with Gasteiger partial charge in [-0.2, -0.15) is 0 Å². The molecule has 1 amide bonds. The van der Waals surface area contributed by atoms with Crippen molar-refractivity contribution < 1.29 is 25.7 Å². The highest BCUT2D eigenvalue weighted by Crippen LogP contribution is 2.26. The molecule has 34 heavy (non-hydrogen) atoms. The summed E-state index contributed by atoms with van der Waals surface area (Å²) >= 11 is 0. The molecule has 0 unspecified atom stereocenters. The summed E-state index contributed by atoms with van der Waals surface area (Å²) in [5, 5.41) is 24.3. The minimum atomic E-state index is -1.96. The number of rotatable bonds is 12. The molecule has 182 valence electrons. The zero-order chi connectivity index (χ0) is 26.2. The van der Waals surface area contributed by atoms with Crippen LogP contribution in [0.25, 0.3) is 0 Å². The first-order chi connectivity index (χ1) is 16.5. The third kappa shape index (κ3) is 7.14. The topological polar surface area (TPSA) is 122 Å². The van der Waals surface area contributed by atoms with E-state index >= 15 is 0 Å². The Balaban J connectivity index is 2.54. The van der Waals surface area contributed by atoms with E-state index in [9.17, 15) is 26.2 Å². The number of nitrogens with zero attached hydrogens (tertiary/aromatic N) is 2. The first kappa shape index (κ1) is 24.9. The summed E-state index contributed by atoms with van der Waals surface area (Å²) in [7, 11) is 1.22. The lowest BCUT2D eigenvalue weighted by atomic mass is 10.0. The number of aromatic hydroxyl groups is 1. The van der Waals surface area contributed by atoms with Crippen LogP contribution in [0.15, 0.2) is 61.2 Å². The smallest absolute Gasteiger partial charge is 0.328 e. The van der Waals surface area contributed by atoms with Gasteiger partial charge in [-0.05, 0) is 24.0 Å². The summed E-state index contributed by atoms with van der Waals surface area (Å²) in [5.41, 5.74) is 0.725. The number of benzene rings is 2. The zero-order valence-corrected chi connectivity index (χ0v) is 19.6. The summed E-state index contributed by atoms with van der Waals surface area (Å²) < 4.78 is 14.0. The lowest BCUT2D eigenvalue weighted by molar-refractivity contribution is -0.385. The van der Waals surface area contributed by atoms with Gasteiger partial charge in [0.15, 0.2) is 0 Å². The normalized spacial score (nSPS) is 14.1. The van der Waals surface area contributed by atoms with Crippen LogP contribution in [0.4, 0.5) is 5.69 Å². The molecule has 9 heteroatoms. The lowest BCUT2D eigenvalue weighted by Gasteiger charge is -2.32. The van der Waals surface area contributed by atoms with Gasteiger partial charge in [0, 0.05) is 30.8 Å². The van der Waals surface area contributed by atoms with Gasteiger partial charge >= 0.3 is 5.97 Å². The van der Waals surface area contributed by atoms with Crippen LogP contribution >= 0.6 is 0 Å². The molecular formula is C25H31N3O6. The van der Waals surface area contributed by atoms with Crippen molar-refractivity contribution in [2.45, 2.75) is 45.4 Å². The second-order valence-corrected chi connectivity index (χ2v) is 8.07. The van der Waals surface area contributed by atoms with Gasteiger partial charge in [-0.15, -0.1) is 6.58 Å². The summed E-state index contributed by atoms with van der Waals surface area (Å²) in [6, 6.07) is 9.73. The van der Waals surface area contributed by atoms with Crippen LogP contribution in [-0.4, -0.2) is 46.0 Å². The largest absolute Gasteiger partial charge is 0.508 e. The number of phenols is 1. The molecule has 2 rings (SSSR count). The number of nitro benzene ring substituents is 1. The first-order valence-corrected chi connectivity index (χ1v) is 10.8. The molecule has 2 aromatic carbocycles. The highest BCUT2D eigenvalue weighted by atomic mass is 16.6. The highest BCUT2D eigenvalue weighted by Gasteiger charge is 2.31. The Labute approximate surface area is 200 Å². The maximum atomic E-state index is 13.5. The van der Waals surface area contributed by atoms with Crippen LogP contribution < -0.4 is 5.32 Å². The fourth-order valence-electron chi connectivity index (χ4n) is 3.42. The number of carbonyl (C=O) groups is 2. The third-order valence-corrected chi connectivity index (χ3v) is 5.24. The average Bonchev–Trinajstić information content (AvgIpc) is 2.83. The van der Waals surface area contributed by atoms with E-state index in [0.717, 1.165) is 5.56 Å². The Bertz CT molecular complexity index is 1060. The Morgan fingerprint density at radius 1 is 1.26 bits per heavy atom. The zero-order valence-electron chi connectivity index (χ0n) is 20.6. The lowest BCUT2D eigenvalue weighted by Crippen LogP contribution is -2.53. The van der Waals surface area contributed by atoms with Crippen LogP contribution in [0, 0.1) is 16.0 Å². The molecule has 0 saturated carbocycles. The first-order valence-electron chi connectivity index (χ1n) is 11.3. The Morgan fingerprint density at radius 3 is 2.50 bits per heavy atom. The van der Waals surface area contributed by atoms with Crippen molar-refractivity contribution in [3.05, 3.63) is 82.4 Å². The average molecular weight is 471 g/mol. The van der Waals surface area contributed by atoms with Gasteiger partial charge in [-0.25, -0.2) is 4.79 Å². The molecule has 0 fully saturated rings. The van der Waals surface area contributed by atoms with Gasteiger partial charge in [-0.1, -0.05) is 50.3 Å². The molecule has 0 aliphatic carbocycles. The Morgan fingerprint density at radius 2 is 1.94 bits per heavy atom. The number of ether oxygens (including phenoxy) is 1. The SMILES string of the molecule is [2H][C@@](CC=C)(C(=O)N[C@H](C(=O)OC)C(C)C)N(Cc1ccccc1)Cc1cc([N+](=O)[O-])ccc1O. The molecule has 0 bridgehead atoms. The van der Waals surface area contributed by atoms with E-state index in [0.29, 0.717) is 0 Å². The second-order valence-electron chi connectivity index (χ2n) is 8.07. The van der Waals surface area contributed by atoms with E-state index in [1.54, 1.807) is 13.8 Å². The number of esters is 1. The number of hydrogen-bond donors (Lipinski definition) is 2. The number of phenolic OH excluding ortho intramolecular Hbond substituents is 1. The predicted octanol–water partition coefficient (Wildman–Crippen LogP) is 3.56. The molecule has 2 aromatic rings. The fourth-order valence-corrected chi connectivity index (χ4v) is 3.42. The molecule has 0 radical (unpaired) electrons. The summed E-state index contributed by atoms with van der Waals surface area (Å²) in [6.45, 7) is 7.12. The maximum Gasteiger partial charge on any atom is 0.328 e. The minimum Gasteiger partial charge on any atom is -0.508 e. The summed E-state index contributed by atoms with van der Waals surface area (Å²) in [5.74, 6) is -1.91. The van der Waals surface area contributed by atoms with Gasteiger partial charge < -0.3 is 15.2 Å². The van der Waals surface area contributed by atoms with E-state index < -0.39 is 28.9 Å². The van der Waals surface area contributed by atoms with Crippen molar-refractivity contribution in [3.63, 3.8) is 0 Å². The summed E-state index contributed by atoms with van der Waals surface area (Å²) in [4.78, 5) is 37.9. The summed E-state index contributed by atoms with van der Waals surface area (Å²) in [6.07, 6.45) is 1.30. The molecule has 0 heterocycles. The fraction of sp³-hybridized carbons (Fsp3) is 0.360. The molecule has 2 atom stereocenters. The van der Waals surface area contributed by atoms with Crippen LogP contribution in [-0.2, 0) is 27.4 Å². The number of hydrogen-bond acceptors (Lipinski definition) is 7. The molecule has 0 aliphatic rings. The number of non-ortho nitro benzene ring substituents is 1. The predicted molar refractivity (Wildman–Crippen MR) is 128 cm³/mol. The van der Waals surface area contributed by atoms with Gasteiger partial charge in [-0.3, -0.25) is 19.8 Å². The molecule has 0 saturated heterocycles. The Hall–Kier alpha value is -3.72. The Kier molecular flexibility index (Phi) is 9.16. The van der Waals surface area contributed by atoms with Crippen LogP contribution in [0.2, 0.25) is 0 Å². The van der Waals surface area contributed by atoms with Crippen molar-refractivity contribution in [2.75, 3.05) is 7.11 Å². The minimum absolute atomic E-state index is 0.109. The standard InChI is InChI=1S/C25H31N3O6/c1-5-9-21(24(30)26-23(17(2)3)25(31)34-4)27(15-18-10-7-6-8-11-18)16-19-14-20(28(32)33)12-13-22(19)29/h5-8,10-14,17,21,23,29H,1,9,15-16H2,2-4H3,(H,26,30)/t21-,23+/m1/s1/i21D. The number of nitrogens with one attached hydrogen (secondary N) is 1. The van der Waals surface area contributed by atoms with Crippen molar-refractivity contribution >= 4 is 17.6 Å². The third-order valence-electron chi connectivity index (χ3n) is 5.24. The van der Waals surface area contributed by atoms with Gasteiger partial charge in [0.05, 0.1) is 19.4 Å².